The Morgan fingerprint density at radius 3 is 2.53 bits per heavy atom. The molecule has 15 heavy (non-hydrogen) atoms. The number of aromatic carboxylic acids is 1. The first kappa shape index (κ1) is 12.3. The first-order valence-electron chi connectivity index (χ1n) is 4.15. The van der Waals surface area contributed by atoms with Crippen molar-refractivity contribution in [2.45, 2.75) is 16.6 Å². The molecule has 0 fully saturated rings. The fraction of sp³-hybridized carbons (Fsp3) is 0.200. The molecule has 0 heterocycles. The van der Waals surface area contributed by atoms with Crippen LogP contribution in [-0.4, -0.2) is 16.9 Å². The maximum atomic E-state index is 11.2. The molecule has 0 amide bonds. The van der Waals surface area contributed by atoms with Crippen LogP contribution in [0.3, 0.4) is 0 Å². The quantitative estimate of drug-likeness (QED) is 0.664. The molecule has 1 unspecified atom stereocenters. The molecule has 0 aliphatic rings. The third kappa shape index (κ3) is 2.60. The average molecular weight is 289 g/mol. The van der Waals surface area contributed by atoms with E-state index in [4.69, 9.17) is 5.11 Å². The zero-order valence-corrected chi connectivity index (χ0v) is 10.4. The number of carboxylic acid groups (broad SMARTS) is 1. The van der Waals surface area contributed by atoms with E-state index in [0.29, 0.717) is 10.5 Å². The van der Waals surface area contributed by atoms with Gasteiger partial charge in [0.15, 0.2) is 0 Å². The molecular weight excluding hydrogens is 280 g/mol. The average Bonchev–Trinajstić information content (AvgIpc) is 2.15. The molecule has 0 radical (unpaired) electrons. The highest BCUT2D eigenvalue weighted by molar-refractivity contribution is 9.09. The predicted molar refractivity (Wildman–Crippen MR) is 63.0 cm³/mol. The van der Waals surface area contributed by atoms with Crippen molar-refractivity contribution in [3.63, 3.8) is 0 Å². The standard InChI is InChI=1S/C10H9BrO3S/c1-5(12)9(11)6-3-2-4-7(15)8(6)10(13)14/h2-4,9,15H,1H3,(H,13,14). The number of rotatable bonds is 3. The molecule has 1 atom stereocenters. The summed E-state index contributed by atoms with van der Waals surface area (Å²) in [6.07, 6.45) is 0. The number of hydrogen-bond donors (Lipinski definition) is 2. The van der Waals surface area contributed by atoms with Gasteiger partial charge in [0, 0.05) is 4.90 Å². The predicted octanol–water partition coefficient (Wildman–Crippen LogP) is 2.70. The Balaban J connectivity index is 3.35. The molecule has 0 bridgehead atoms. The van der Waals surface area contributed by atoms with Crippen LogP contribution in [0.4, 0.5) is 0 Å². The van der Waals surface area contributed by atoms with Gasteiger partial charge in [0.2, 0.25) is 0 Å². The molecule has 5 heteroatoms. The molecule has 1 aromatic carbocycles. The van der Waals surface area contributed by atoms with Crippen molar-refractivity contribution in [2.75, 3.05) is 0 Å². The van der Waals surface area contributed by atoms with E-state index < -0.39 is 10.8 Å². The number of hydrogen-bond acceptors (Lipinski definition) is 3. The Morgan fingerprint density at radius 1 is 1.47 bits per heavy atom. The second-order valence-corrected chi connectivity index (χ2v) is 4.42. The second-order valence-electron chi connectivity index (χ2n) is 3.02. The van der Waals surface area contributed by atoms with Crippen LogP contribution in [0.25, 0.3) is 0 Å². The van der Waals surface area contributed by atoms with Gasteiger partial charge in [0.1, 0.15) is 5.78 Å². The Morgan fingerprint density at radius 2 is 2.07 bits per heavy atom. The van der Waals surface area contributed by atoms with E-state index in [1.54, 1.807) is 18.2 Å². The van der Waals surface area contributed by atoms with Gasteiger partial charge in [-0.05, 0) is 18.6 Å². The highest BCUT2D eigenvalue weighted by atomic mass is 79.9. The number of ketones is 1. The Labute approximate surface area is 101 Å². The van der Waals surface area contributed by atoms with Gasteiger partial charge in [0.05, 0.1) is 10.4 Å². The van der Waals surface area contributed by atoms with Crippen LogP contribution in [0.5, 0.6) is 0 Å². The van der Waals surface area contributed by atoms with Crippen molar-refractivity contribution < 1.29 is 14.7 Å². The van der Waals surface area contributed by atoms with Crippen molar-refractivity contribution in [2.24, 2.45) is 0 Å². The van der Waals surface area contributed by atoms with Gasteiger partial charge < -0.3 is 5.11 Å². The Kier molecular flexibility index (Phi) is 3.93. The van der Waals surface area contributed by atoms with Crippen LogP contribution in [0.2, 0.25) is 0 Å². The van der Waals surface area contributed by atoms with Crippen LogP contribution < -0.4 is 0 Å². The molecule has 1 aromatic rings. The first-order valence-corrected chi connectivity index (χ1v) is 5.51. The van der Waals surface area contributed by atoms with Crippen LogP contribution in [0.1, 0.15) is 27.7 Å². The number of Topliss-reactive ketones (excluding diaryl/α,β-unsaturated/α-hetero) is 1. The van der Waals surface area contributed by atoms with Crippen LogP contribution in [0.15, 0.2) is 23.1 Å². The molecule has 3 nitrogen and oxygen atoms in total. The highest BCUT2D eigenvalue weighted by Crippen LogP contribution is 2.30. The number of thiol groups is 1. The maximum absolute atomic E-state index is 11.2. The van der Waals surface area contributed by atoms with E-state index in [0.717, 1.165) is 0 Å². The maximum Gasteiger partial charge on any atom is 0.337 e. The molecule has 0 saturated heterocycles. The van der Waals surface area contributed by atoms with Crippen molar-refractivity contribution in [1.29, 1.82) is 0 Å². The van der Waals surface area contributed by atoms with Crippen LogP contribution >= 0.6 is 28.6 Å². The zero-order valence-electron chi connectivity index (χ0n) is 7.90. The lowest BCUT2D eigenvalue weighted by Crippen LogP contribution is -2.09. The van der Waals surface area contributed by atoms with E-state index >= 15 is 0 Å². The van der Waals surface area contributed by atoms with Crippen molar-refractivity contribution >= 4 is 40.3 Å². The SMILES string of the molecule is CC(=O)C(Br)c1cccc(S)c1C(=O)O. The lowest BCUT2D eigenvalue weighted by molar-refractivity contribution is -0.116. The smallest absolute Gasteiger partial charge is 0.337 e. The van der Waals surface area contributed by atoms with Crippen LogP contribution in [-0.2, 0) is 4.79 Å². The fourth-order valence-corrected chi connectivity index (χ4v) is 1.91. The van der Waals surface area contributed by atoms with Crippen LogP contribution in [0, 0.1) is 0 Å². The van der Waals surface area contributed by atoms with Gasteiger partial charge in [-0.25, -0.2) is 4.79 Å². The summed E-state index contributed by atoms with van der Waals surface area (Å²) in [4.78, 5) is 21.9. The van der Waals surface area contributed by atoms with Crippen molar-refractivity contribution in [3.8, 4) is 0 Å². The van der Waals surface area contributed by atoms with Crippen molar-refractivity contribution in [1.82, 2.24) is 0 Å². The molecule has 80 valence electrons. The van der Waals surface area contributed by atoms with Gasteiger partial charge in [0.25, 0.3) is 0 Å². The normalized spacial score (nSPS) is 12.2. The second kappa shape index (κ2) is 4.81. The zero-order chi connectivity index (χ0) is 11.6. The number of halogens is 1. The summed E-state index contributed by atoms with van der Waals surface area (Å²) in [5.41, 5.74) is 0.500. The Hall–Kier alpha value is -0.810. The third-order valence-electron chi connectivity index (χ3n) is 1.92. The summed E-state index contributed by atoms with van der Waals surface area (Å²) >= 11 is 7.21. The topological polar surface area (TPSA) is 54.4 Å². The monoisotopic (exact) mass is 288 g/mol. The van der Waals surface area contributed by atoms with Gasteiger partial charge in [-0.2, -0.15) is 0 Å². The number of benzene rings is 1. The molecule has 0 aliphatic carbocycles. The Bertz CT molecular complexity index is 417. The summed E-state index contributed by atoms with van der Waals surface area (Å²) in [6.45, 7) is 1.40. The third-order valence-corrected chi connectivity index (χ3v) is 3.43. The number of carbonyl (C=O) groups is 2. The summed E-state index contributed by atoms with van der Waals surface area (Å²) in [5, 5.41) is 9.00. The number of alkyl halides is 1. The molecule has 1 rings (SSSR count). The number of carbonyl (C=O) groups excluding carboxylic acids is 1. The molecule has 1 N–H and O–H groups in total. The van der Waals surface area contributed by atoms with Gasteiger partial charge in [-0.15, -0.1) is 12.6 Å². The minimum absolute atomic E-state index is 0.0675. The van der Waals surface area contributed by atoms with E-state index in [2.05, 4.69) is 28.6 Å². The minimum atomic E-state index is -1.08. The molecule has 0 aromatic heterocycles. The molecular formula is C10H9BrO3S. The van der Waals surface area contributed by atoms with Gasteiger partial charge in [-0.3, -0.25) is 4.79 Å². The summed E-state index contributed by atoms with van der Waals surface area (Å²) in [6, 6.07) is 4.85. The molecule has 0 spiro atoms. The summed E-state index contributed by atoms with van der Waals surface area (Å²) in [5.74, 6) is -1.22. The summed E-state index contributed by atoms with van der Waals surface area (Å²) < 4.78 is 0. The van der Waals surface area contributed by atoms with Gasteiger partial charge in [-0.1, -0.05) is 28.1 Å². The summed E-state index contributed by atoms with van der Waals surface area (Å²) in [7, 11) is 0. The van der Waals surface area contributed by atoms with E-state index in [9.17, 15) is 9.59 Å². The largest absolute Gasteiger partial charge is 0.478 e. The van der Waals surface area contributed by atoms with E-state index in [-0.39, 0.29) is 11.3 Å². The lowest BCUT2D eigenvalue weighted by atomic mass is 10.0. The highest BCUT2D eigenvalue weighted by Gasteiger charge is 2.21. The van der Waals surface area contributed by atoms with E-state index in [1.165, 1.54) is 6.92 Å². The first-order chi connectivity index (χ1) is 6.95. The van der Waals surface area contributed by atoms with Crippen molar-refractivity contribution in [3.05, 3.63) is 29.3 Å². The fourth-order valence-electron chi connectivity index (χ4n) is 1.22. The lowest BCUT2D eigenvalue weighted by Gasteiger charge is -2.11. The van der Waals surface area contributed by atoms with Gasteiger partial charge >= 0.3 is 5.97 Å². The molecule has 0 saturated carbocycles. The number of carboxylic acids is 1. The molecule has 0 aliphatic heterocycles. The minimum Gasteiger partial charge on any atom is -0.478 e. The van der Waals surface area contributed by atoms with E-state index in [1.807, 2.05) is 0 Å².